The Labute approximate surface area is 146 Å². The number of carbonyl (C=O) groups is 1. The van der Waals surface area contributed by atoms with Gasteiger partial charge < -0.3 is 9.64 Å². The molecule has 1 aromatic carbocycles. The first-order chi connectivity index (χ1) is 11.7. The monoisotopic (exact) mass is 343 g/mol. The summed E-state index contributed by atoms with van der Waals surface area (Å²) in [7, 11) is 1.92. The summed E-state index contributed by atoms with van der Waals surface area (Å²) in [5.74, 6) is 0.0607. The average molecular weight is 343 g/mol. The number of hydrogen-bond acceptors (Lipinski definition) is 5. The predicted molar refractivity (Wildman–Crippen MR) is 92.6 cm³/mol. The molecule has 0 unspecified atom stereocenters. The highest BCUT2D eigenvalue weighted by molar-refractivity contribution is 7.03. The molecule has 2 aliphatic heterocycles. The van der Waals surface area contributed by atoms with E-state index in [0.717, 1.165) is 26.1 Å². The van der Waals surface area contributed by atoms with Crippen LogP contribution in [0.15, 0.2) is 41.9 Å². The van der Waals surface area contributed by atoms with E-state index in [-0.39, 0.29) is 24.2 Å². The summed E-state index contributed by atoms with van der Waals surface area (Å²) < 4.78 is 10.2. The Balaban J connectivity index is 1.63. The zero-order valence-electron chi connectivity index (χ0n) is 13.7. The van der Waals surface area contributed by atoms with Crippen molar-refractivity contribution in [1.29, 1.82) is 0 Å². The van der Waals surface area contributed by atoms with Crippen LogP contribution in [-0.2, 0) is 21.6 Å². The number of amides is 1. The highest BCUT2D eigenvalue weighted by Crippen LogP contribution is 2.42. The molecule has 0 aliphatic carbocycles. The highest BCUT2D eigenvalue weighted by Gasteiger charge is 2.52. The van der Waals surface area contributed by atoms with E-state index < -0.39 is 0 Å². The fourth-order valence-corrected chi connectivity index (χ4v) is 4.52. The van der Waals surface area contributed by atoms with Crippen LogP contribution in [0.1, 0.15) is 17.5 Å². The molecule has 3 heterocycles. The third-order valence-corrected chi connectivity index (χ3v) is 5.95. The molecule has 2 atom stereocenters. The van der Waals surface area contributed by atoms with Crippen LogP contribution >= 0.6 is 11.5 Å². The minimum atomic E-state index is -0.361. The Morgan fingerprint density at radius 2 is 2.21 bits per heavy atom. The van der Waals surface area contributed by atoms with Crippen LogP contribution in [0, 0.1) is 0 Å². The van der Waals surface area contributed by atoms with E-state index in [1.807, 2.05) is 36.3 Å². The van der Waals surface area contributed by atoms with Crippen molar-refractivity contribution in [1.82, 2.24) is 14.2 Å². The summed E-state index contributed by atoms with van der Waals surface area (Å²) in [6, 6.07) is 10.3. The van der Waals surface area contributed by atoms with Gasteiger partial charge in [0.05, 0.1) is 11.6 Å². The molecular weight excluding hydrogens is 322 g/mol. The number of likely N-dealkylation sites (N-methyl/N-ethyl adjacent to an activating group) is 1. The zero-order valence-corrected chi connectivity index (χ0v) is 14.5. The molecular formula is C18H21N3O2S. The van der Waals surface area contributed by atoms with Gasteiger partial charge in [0.25, 0.3) is 0 Å². The maximum absolute atomic E-state index is 12.3. The normalized spacial score (nSPS) is 28.0. The maximum atomic E-state index is 12.3. The van der Waals surface area contributed by atoms with Gasteiger partial charge in [-0.3, -0.25) is 9.69 Å². The van der Waals surface area contributed by atoms with E-state index in [9.17, 15) is 4.79 Å². The Bertz CT molecular complexity index is 706. The number of ether oxygens (including phenoxy) is 1. The lowest BCUT2D eigenvalue weighted by atomic mass is 9.76. The van der Waals surface area contributed by atoms with Gasteiger partial charge >= 0.3 is 0 Å². The van der Waals surface area contributed by atoms with Crippen LogP contribution in [0.3, 0.4) is 0 Å². The number of fused-ring (bicyclic) bond motifs is 1. The van der Waals surface area contributed by atoms with Gasteiger partial charge in [-0.2, -0.15) is 0 Å². The number of piperidine rings is 1. The number of carbonyl (C=O) groups excluding carboxylic acids is 1. The number of likely N-dealkylation sites (tertiary alicyclic amines) is 1. The molecule has 2 fully saturated rings. The van der Waals surface area contributed by atoms with Gasteiger partial charge in [-0.15, -0.1) is 0 Å². The molecule has 24 heavy (non-hydrogen) atoms. The minimum Gasteiger partial charge on any atom is -0.364 e. The molecule has 6 heteroatoms. The molecule has 0 N–H and O–H groups in total. The van der Waals surface area contributed by atoms with Crippen molar-refractivity contribution in [3.63, 3.8) is 0 Å². The minimum absolute atomic E-state index is 0.0112. The van der Waals surface area contributed by atoms with Crippen LogP contribution in [-0.4, -0.2) is 52.9 Å². The van der Waals surface area contributed by atoms with E-state index in [4.69, 9.17) is 4.74 Å². The first-order valence-electron chi connectivity index (χ1n) is 8.24. The van der Waals surface area contributed by atoms with Gasteiger partial charge in [0.1, 0.15) is 6.61 Å². The van der Waals surface area contributed by atoms with Gasteiger partial charge in [0, 0.05) is 38.3 Å². The van der Waals surface area contributed by atoms with E-state index in [0.29, 0.717) is 0 Å². The summed E-state index contributed by atoms with van der Waals surface area (Å²) in [5.41, 5.74) is 2.05. The molecule has 4 rings (SSSR count). The lowest BCUT2D eigenvalue weighted by Crippen LogP contribution is -2.66. The van der Waals surface area contributed by atoms with Gasteiger partial charge in [-0.1, -0.05) is 30.3 Å². The average Bonchev–Trinajstić information content (AvgIpc) is 3.12. The Kier molecular flexibility index (Phi) is 4.12. The molecule has 2 aromatic rings. The van der Waals surface area contributed by atoms with Crippen molar-refractivity contribution < 1.29 is 9.53 Å². The second-order valence-corrected chi connectivity index (χ2v) is 7.22. The van der Waals surface area contributed by atoms with Gasteiger partial charge in [0.15, 0.2) is 0 Å². The fraction of sp³-hybridized carbons (Fsp3) is 0.444. The SMILES string of the molecule is CN1C(=O)CO[C@@H]2CN(Cc3cnsc3)CC[C@]21c1ccccc1. The van der Waals surface area contributed by atoms with Crippen LogP contribution in [0.5, 0.6) is 0 Å². The fourth-order valence-electron chi connectivity index (χ4n) is 3.99. The molecule has 2 saturated heterocycles. The van der Waals surface area contributed by atoms with Crippen LogP contribution in [0.4, 0.5) is 0 Å². The first-order valence-corrected chi connectivity index (χ1v) is 9.08. The summed E-state index contributed by atoms with van der Waals surface area (Å²) in [6.45, 7) is 2.81. The molecule has 0 spiro atoms. The smallest absolute Gasteiger partial charge is 0.249 e. The lowest BCUT2D eigenvalue weighted by Gasteiger charge is -2.54. The molecule has 2 aliphatic rings. The lowest BCUT2D eigenvalue weighted by molar-refractivity contribution is -0.183. The third kappa shape index (κ3) is 2.55. The van der Waals surface area contributed by atoms with Crippen molar-refractivity contribution in [3.8, 4) is 0 Å². The third-order valence-electron chi connectivity index (χ3n) is 5.31. The zero-order chi connectivity index (χ0) is 16.6. The van der Waals surface area contributed by atoms with E-state index in [2.05, 4.69) is 26.8 Å². The topological polar surface area (TPSA) is 45.7 Å². The van der Waals surface area contributed by atoms with Gasteiger partial charge in [-0.05, 0) is 29.1 Å². The van der Waals surface area contributed by atoms with Crippen molar-refractivity contribution in [2.45, 2.75) is 24.6 Å². The Morgan fingerprint density at radius 3 is 2.96 bits per heavy atom. The maximum Gasteiger partial charge on any atom is 0.249 e. The number of rotatable bonds is 3. The van der Waals surface area contributed by atoms with E-state index in [1.54, 1.807) is 0 Å². The quantitative estimate of drug-likeness (QED) is 0.856. The summed E-state index contributed by atoms with van der Waals surface area (Å²) in [5, 5.41) is 2.09. The van der Waals surface area contributed by atoms with Crippen LogP contribution in [0.25, 0.3) is 0 Å². The molecule has 5 nitrogen and oxygen atoms in total. The predicted octanol–water partition coefficient (Wildman–Crippen LogP) is 2.10. The summed E-state index contributed by atoms with van der Waals surface area (Å²) in [6.07, 6.45) is 2.80. The van der Waals surface area contributed by atoms with Crippen molar-refractivity contribution in [3.05, 3.63) is 53.0 Å². The van der Waals surface area contributed by atoms with E-state index in [1.165, 1.54) is 22.7 Å². The molecule has 1 aromatic heterocycles. The first kappa shape index (κ1) is 15.7. The highest BCUT2D eigenvalue weighted by atomic mass is 32.1. The summed E-state index contributed by atoms with van der Waals surface area (Å²) >= 11 is 1.49. The molecule has 0 bridgehead atoms. The van der Waals surface area contributed by atoms with Crippen LogP contribution < -0.4 is 0 Å². The van der Waals surface area contributed by atoms with Gasteiger partial charge in [0.2, 0.25) is 5.91 Å². The second kappa shape index (κ2) is 6.27. The molecule has 126 valence electrons. The number of morpholine rings is 1. The van der Waals surface area contributed by atoms with Crippen molar-refractivity contribution in [2.75, 3.05) is 26.7 Å². The second-order valence-electron chi connectivity index (χ2n) is 6.56. The van der Waals surface area contributed by atoms with Crippen LogP contribution in [0.2, 0.25) is 0 Å². The number of nitrogens with zero attached hydrogens (tertiary/aromatic N) is 3. The number of hydrogen-bond donors (Lipinski definition) is 0. The Morgan fingerprint density at radius 1 is 1.38 bits per heavy atom. The van der Waals surface area contributed by atoms with Crippen molar-refractivity contribution >= 4 is 17.4 Å². The molecule has 1 amide bonds. The number of aromatic nitrogens is 1. The standard InChI is InChI=1S/C18H21N3O2S/c1-20-17(22)12-23-16-11-21(10-14-9-19-24-13-14)8-7-18(16,20)15-5-3-2-4-6-15/h2-6,9,13,16H,7-8,10-12H2,1H3/t16-,18+/m1/s1. The largest absolute Gasteiger partial charge is 0.364 e. The van der Waals surface area contributed by atoms with E-state index >= 15 is 0 Å². The number of benzene rings is 1. The molecule has 0 saturated carbocycles. The van der Waals surface area contributed by atoms with Gasteiger partial charge in [-0.25, -0.2) is 4.37 Å². The molecule has 0 radical (unpaired) electrons. The summed E-state index contributed by atoms with van der Waals surface area (Å²) in [4.78, 5) is 16.7. The Hall–Kier alpha value is -1.76. The van der Waals surface area contributed by atoms with Crippen molar-refractivity contribution in [2.24, 2.45) is 0 Å².